The van der Waals surface area contributed by atoms with Crippen LogP contribution < -0.4 is 5.32 Å². The van der Waals surface area contributed by atoms with Crippen molar-refractivity contribution >= 4 is 50.2 Å². The molecule has 0 atom stereocenters. The number of likely N-dealkylation sites (tertiary alicyclic amines) is 1. The fourth-order valence-corrected chi connectivity index (χ4v) is 5.34. The van der Waals surface area contributed by atoms with Crippen LogP contribution in [0.2, 0.25) is 0 Å². The average molecular weight is 404 g/mol. The fourth-order valence-electron chi connectivity index (χ4n) is 3.20. The van der Waals surface area contributed by atoms with Crippen molar-refractivity contribution in [3.63, 3.8) is 0 Å². The third-order valence-electron chi connectivity index (χ3n) is 4.59. The van der Waals surface area contributed by atoms with Crippen molar-refractivity contribution in [1.29, 1.82) is 0 Å². The minimum atomic E-state index is 0.567. The zero-order chi connectivity index (χ0) is 17.9. The van der Waals surface area contributed by atoms with Gasteiger partial charge in [-0.3, -0.25) is 4.90 Å². The molecule has 1 saturated heterocycles. The Bertz CT molecular complexity index is 916. The van der Waals surface area contributed by atoms with Crippen molar-refractivity contribution in [2.75, 3.05) is 25.0 Å². The second kappa shape index (κ2) is 7.96. The molecule has 136 valence electrons. The van der Waals surface area contributed by atoms with Crippen LogP contribution in [0.25, 0.3) is 10.2 Å². The summed E-state index contributed by atoms with van der Waals surface area (Å²) in [5, 5.41) is 9.92. The van der Waals surface area contributed by atoms with Crippen LogP contribution in [-0.4, -0.2) is 39.3 Å². The molecule has 0 radical (unpaired) electrons. The normalized spacial score (nSPS) is 16.2. The quantitative estimate of drug-likeness (QED) is 0.477. The maximum atomic E-state index is 5.45. The summed E-state index contributed by atoms with van der Waals surface area (Å²) in [5.74, 6) is 0.567. The van der Waals surface area contributed by atoms with Crippen molar-refractivity contribution in [3.8, 4) is 0 Å². The summed E-state index contributed by atoms with van der Waals surface area (Å²) in [7, 11) is 0. The molecule has 3 heterocycles. The largest absolute Gasteiger partial charge is 0.357 e. The van der Waals surface area contributed by atoms with Gasteiger partial charge in [-0.1, -0.05) is 29.5 Å². The molecule has 1 aliphatic rings. The number of fused-ring (bicyclic) bond motifs is 1. The molecule has 1 fully saturated rings. The lowest BCUT2D eigenvalue weighted by Crippen LogP contribution is -2.34. The number of piperidine rings is 1. The van der Waals surface area contributed by atoms with Gasteiger partial charge in [-0.2, -0.15) is 0 Å². The summed E-state index contributed by atoms with van der Waals surface area (Å²) in [6.07, 6.45) is 4.10. The van der Waals surface area contributed by atoms with Gasteiger partial charge in [-0.25, -0.2) is 9.67 Å². The van der Waals surface area contributed by atoms with E-state index in [1.165, 1.54) is 21.0 Å². The molecule has 1 aliphatic heterocycles. The van der Waals surface area contributed by atoms with Crippen molar-refractivity contribution < 1.29 is 0 Å². The van der Waals surface area contributed by atoms with E-state index in [0.29, 0.717) is 12.5 Å². The van der Waals surface area contributed by atoms with Crippen LogP contribution >= 0.6 is 34.9 Å². The van der Waals surface area contributed by atoms with E-state index in [1.807, 2.05) is 22.1 Å². The van der Waals surface area contributed by atoms with Gasteiger partial charge in [0.15, 0.2) is 3.95 Å². The van der Waals surface area contributed by atoms with Gasteiger partial charge in [0.1, 0.15) is 0 Å². The molecular formula is C18H21N5S3. The number of para-hydroxylation sites is 1. The lowest BCUT2D eigenvalue weighted by molar-refractivity contribution is 0.161. The second-order valence-corrected chi connectivity index (χ2v) is 9.08. The Morgan fingerprint density at radius 2 is 2.08 bits per heavy atom. The van der Waals surface area contributed by atoms with Crippen LogP contribution in [0.5, 0.6) is 0 Å². The van der Waals surface area contributed by atoms with E-state index in [-0.39, 0.29) is 0 Å². The summed E-state index contributed by atoms with van der Waals surface area (Å²) < 4.78 is 4.02. The van der Waals surface area contributed by atoms with Crippen LogP contribution in [0, 0.1) is 3.95 Å². The van der Waals surface area contributed by atoms with Crippen LogP contribution in [0.1, 0.15) is 23.8 Å². The van der Waals surface area contributed by atoms with Crippen LogP contribution in [0.4, 0.5) is 5.13 Å². The predicted octanol–water partition coefficient (Wildman–Crippen LogP) is 4.72. The number of rotatable bonds is 6. The summed E-state index contributed by atoms with van der Waals surface area (Å²) in [5.41, 5.74) is 1.13. The number of anilines is 1. The van der Waals surface area contributed by atoms with Gasteiger partial charge in [0, 0.05) is 25.6 Å². The van der Waals surface area contributed by atoms with Crippen LogP contribution in [0.15, 0.2) is 36.9 Å². The van der Waals surface area contributed by atoms with Gasteiger partial charge in [-0.15, -0.1) is 23.0 Å². The molecule has 1 N–H and O–H groups in total. The molecule has 26 heavy (non-hydrogen) atoms. The molecule has 3 aromatic rings. The fraction of sp³-hybridized carbons (Fsp3) is 0.389. The van der Waals surface area contributed by atoms with E-state index in [4.69, 9.17) is 17.2 Å². The lowest BCUT2D eigenvalue weighted by Gasteiger charge is -2.30. The molecule has 1 aromatic carbocycles. The van der Waals surface area contributed by atoms with E-state index in [0.717, 1.165) is 47.2 Å². The smallest absolute Gasteiger partial charge is 0.204 e. The molecule has 0 unspecified atom stereocenters. The molecule has 5 nitrogen and oxygen atoms in total. The molecular weight excluding hydrogens is 382 g/mol. The van der Waals surface area contributed by atoms with Crippen molar-refractivity contribution in [3.05, 3.63) is 45.9 Å². The first-order valence-electron chi connectivity index (χ1n) is 8.73. The zero-order valence-corrected chi connectivity index (χ0v) is 16.9. The summed E-state index contributed by atoms with van der Waals surface area (Å²) in [6.45, 7) is 7.28. The van der Waals surface area contributed by atoms with Gasteiger partial charge in [0.25, 0.3) is 0 Å². The first-order valence-corrected chi connectivity index (χ1v) is 10.8. The highest BCUT2D eigenvalue weighted by molar-refractivity contribution is 7.73. The summed E-state index contributed by atoms with van der Waals surface area (Å²) in [6, 6.07) is 8.41. The minimum Gasteiger partial charge on any atom is -0.357 e. The first-order chi connectivity index (χ1) is 12.7. The van der Waals surface area contributed by atoms with Gasteiger partial charge in [-0.05, 0) is 37.2 Å². The number of nitrogens with zero attached hydrogens (tertiary/aromatic N) is 4. The highest BCUT2D eigenvalue weighted by Crippen LogP contribution is 2.33. The second-order valence-electron chi connectivity index (χ2n) is 6.40. The molecule has 2 aromatic heterocycles. The van der Waals surface area contributed by atoms with Crippen LogP contribution in [-0.2, 0) is 6.67 Å². The summed E-state index contributed by atoms with van der Waals surface area (Å²) >= 11 is 8.81. The van der Waals surface area contributed by atoms with Gasteiger partial charge >= 0.3 is 0 Å². The molecule has 0 aliphatic carbocycles. The van der Waals surface area contributed by atoms with E-state index in [2.05, 4.69) is 46.2 Å². The van der Waals surface area contributed by atoms with Crippen molar-refractivity contribution in [1.82, 2.24) is 19.7 Å². The Hall–Kier alpha value is -1.61. The Labute approximate surface area is 166 Å². The maximum absolute atomic E-state index is 5.45. The number of hydrogen-bond donors (Lipinski definition) is 1. The number of aromatic nitrogens is 3. The third kappa shape index (κ3) is 3.88. The van der Waals surface area contributed by atoms with Crippen molar-refractivity contribution in [2.24, 2.45) is 0 Å². The molecule has 0 amide bonds. The number of hydrogen-bond acceptors (Lipinski definition) is 7. The Morgan fingerprint density at radius 1 is 1.27 bits per heavy atom. The van der Waals surface area contributed by atoms with Gasteiger partial charge in [0.2, 0.25) is 5.13 Å². The number of thiazole rings is 1. The lowest BCUT2D eigenvalue weighted by atomic mass is 9.98. The number of benzene rings is 1. The molecule has 0 bridgehead atoms. The van der Waals surface area contributed by atoms with E-state index in [1.54, 1.807) is 0 Å². The Kier molecular flexibility index (Phi) is 5.44. The van der Waals surface area contributed by atoms with E-state index in [9.17, 15) is 0 Å². The summed E-state index contributed by atoms with van der Waals surface area (Å²) in [4.78, 5) is 7.27. The average Bonchev–Trinajstić information content (AvgIpc) is 3.24. The third-order valence-corrected chi connectivity index (χ3v) is 7.05. The van der Waals surface area contributed by atoms with E-state index >= 15 is 0 Å². The molecule has 0 saturated carbocycles. The highest BCUT2D eigenvalue weighted by Gasteiger charge is 2.23. The van der Waals surface area contributed by atoms with Gasteiger partial charge < -0.3 is 5.32 Å². The first kappa shape index (κ1) is 17.8. The Morgan fingerprint density at radius 3 is 2.85 bits per heavy atom. The molecule has 4 rings (SSSR count). The van der Waals surface area contributed by atoms with E-state index < -0.39 is 0 Å². The zero-order valence-electron chi connectivity index (χ0n) is 14.4. The monoisotopic (exact) mass is 403 g/mol. The topological polar surface area (TPSA) is 46.0 Å². The number of nitrogens with one attached hydrogen (secondary N) is 1. The predicted molar refractivity (Wildman–Crippen MR) is 113 cm³/mol. The Balaban J connectivity index is 1.37. The maximum Gasteiger partial charge on any atom is 0.204 e. The minimum absolute atomic E-state index is 0.567. The molecule has 8 heteroatoms. The molecule has 0 spiro atoms. The van der Waals surface area contributed by atoms with Gasteiger partial charge in [0.05, 0.1) is 21.9 Å². The van der Waals surface area contributed by atoms with Crippen molar-refractivity contribution in [2.45, 2.75) is 25.4 Å². The highest BCUT2D eigenvalue weighted by atomic mass is 32.1. The van der Waals surface area contributed by atoms with Crippen LogP contribution in [0.3, 0.4) is 0 Å². The standard InChI is InChI=1S/C18H21N5S3/c1-2-9-19-17-21-23(18(24)26-17)12-22-10-7-13(8-11-22)16-20-14-5-3-4-6-15(14)25-16/h2-6,13H,1,7-12H2,(H,19,21). The SMILES string of the molecule is C=CCNc1nn(CN2CCC(c3nc4ccccc4s3)CC2)c(=S)s1.